The van der Waals surface area contributed by atoms with Gasteiger partial charge in [0, 0.05) is 30.4 Å². The summed E-state index contributed by atoms with van der Waals surface area (Å²) in [4.78, 5) is 2.25. The summed E-state index contributed by atoms with van der Waals surface area (Å²) in [5.74, 6) is -0.314. The minimum absolute atomic E-state index is 0.205. The van der Waals surface area contributed by atoms with E-state index in [1.807, 2.05) is 0 Å². The standard InChI is InChI=1S/C15H22FNO2/c1-11(19)14-10-12(16)6-7-15(14)17-8-2-4-13(17)5-3-9-18/h6-7,10-11,13,18-19H,2-5,8-9H2,1H3/t11-,13?/m1/s1. The molecule has 106 valence electrons. The molecular formula is C15H22FNO2. The third-order valence-corrected chi connectivity index (χ3v) is 3.82. The van der Waals surface area contributed by atoms with Crippen LogP contribution in [0.4, 0.5) is 10.1 Å². The molecule has 0 spiro atoms. The van der Waals surface area contributed by atoms with Crippen LogP contribution in [-0.2, 0) is 0 Å². The molecule has 1 aliphatic rings. The molecule has 0 aliphatic carbocycles. The first-order valence-electron chi connectivity index (χ1n) is 6.98. The number of benzene rings is 1. The lowest BCUT2D eigenvalue weighted by Crippen LogP contribution is -2.30. The van der Waals surface area contributed by atoms with Gasteiger partial charge in [-0.25, -0.2) is 4.39 Å². The average molecular weight is 267 g/mol. The Morgan fingerprint density at radius 2 is 2.26 bits per heavy atom. The van der Waals surface area contributed by atoms with Crippen LogP contribution < -0.4 is 4.90 Å². The van der Waals surface area contributed by atoms with Crippen molar-refractivity contribution in [3.05, 3.63) is 29.6 Å². The quantitative estimate of drug-likeness (QED) is 0.862. The van der Waals surface area contributed by atoms with Gasteiger partial charge in [-0.15, -0.1) is 0 Å². The summed E-state index contributed by atoms with van der Waals surface area (Å²) in [6.45, 7) is 2.80. The first kappa shape index (κ1) is 14.3. The van der Waals surface area contributed by atoms with Crippen molar-refractivity contribution in [3.8, 4) is 0 Å². The van der Waals surface area contributed by atoms with Crippen LogP contribution >= 0.6 is 0 Å². The Balaban J connectivity index is 2.24. The zero-order valence-electron chi connectivity index (χ0n) is 11.3. The fraction of sp³-hybridized carbons (Fsp3) is 0.600. The number of nitrogens with zero attached hydrogens (tertiary/aromatic N) is 1. The molecule has 0 aromatic heterocycles. The molecule has 1 unspecified atom stereocenters. The van der Waals surface area contributed by atoms with E-state index in [-0.39, 0.29) is 12.4 Å². The van der Waals surface area contributed by atoms with Gasteiger partial charge in [-0.2, -0.15) is 0 Å². The van der Waals surface area contributed by atoms with Crippen LogP contribution in [0.5, 0.6) is 0 Å². The molecule has 1 aromatic carbocycles. The molecular weight excluding hydrogens is 245 g/mol. The third kappa shape index (κ3) is 3.25. The number of aliphatic hydroxyl groups is 2. The molecule has 0 radical (unpaired) electrons. The molecule has 19 heavy (non-hydrogen) atoms. The third-order valence-electron chi connectivity index (χ3n) is 3.82. The second-order valence-corrected chi connectivity index (χ2v) is 5.23. The van der Waals surface area contributed by atoms with Crippen LogP contribution in [0.1, 0.15) is 44.3 Å². The highest BCUT2D eigenvalue weighted by molar-refractivity contribution is 5.56. The van der Waals surface area contributed by atoms with Gasteiger partial charge in [0.05, 0.1) is 6.10 Å². The fourth-order valence-electron chi connectivity index (χ4n) is 2.90. The van der Waals surface area contributed by atoms with E-state index < -0.39 is 6.10 Å². The van der Waals surface area contributed by atoms with Gasteiger partial charge >= 0.3 is 0 Å². The van der Waals surface area contributed by atoms with E-state index in [9.17, 15) is 9.50 Å². The normalized spacial score (nSPS) is 20.8. The average Bonchev–Trinajstić information content (AvgIpc) is 2.84. The van der Waals surface area contributed by atoms with E-state index in [0.29, 0.717) is 11.6 Å². The second-order valence-electron chi connectivity index (χ2n) is 5.23. The molecule has 1 saturated heterocycles. The molecule has 2 atom stereocenters. The number of aliphatic hydroxyl groups excluding tert-OH is 2. The zero-order chi connectivity index (χ0) is 13.8. The van der Waals surface area contributed by atoms with Crippen LogP contribution in [0.25, 0.3) is 0 Å². The maximum atomic E-state index is 13.3. The van der Waals surface area contributed by atoms with Crippen molar-refractivity contribution in [2.45, 2.75) is 44.8 Å². The number of hydrogen-bond acceptors (Lipinski definition) is 3. The molecule has 1 aromatic rings. The first-order valence-corrected chi connectivity index (χ1v) is 6.98. The minimum Gasteiger partial charge on any atom is -0.396 e. The number of hydrogen-bond donors (Lipinski definition) is 2. The van der Waals surface area contributed by atoms with E-state index in [2.05, 4.69) is 4.90 Å². The van der Waals surface area contributed by atoms with Crippen molar-refractivity contribution in [1.82, 2.24) is 0 Å². The Morgan fingerprint density at radius 1 is 1.47 bits per heavy atom. The maximum Gasteiger partial charge on any atom is 0.123 e. The summed E-state index contributed by atoms with van der Waals surface area (Å²) in [7, 11) is 0. The van der Waals surface area contributed by atoms with Crippen LogP contribution in [0, 0.1) is 5.82 Å². The molecule has 0 saturated carbocycles. The number of anilines is 1. The van der Waals surface area contributed by atoms with Crippen molar-refractivity contribution >= 4 is 5.69 Å². The molecule has 0 bridgehead atoms. The molecule has 2 rings (SSSR count). The van der Waals surface area contributed by atoms with Crippen molar-refractivity contribution in [2.24, 2.45) is 0 Å². The summed E-state index contributed by atoms with van der Waals surface area (Å²) in [6, 6.07) is 5.01. The van der Waals surface area contributed by atoms with Crippen LogP contribution in [0.3, 0.4) is 0 Å². The summed E-state index contributed by atoms with van der Waals surface area (Å²) in [5, 5.41) is 18.8. The number of rotatable bonds is 5. The monoisotopic (exact) mass is 267 g/mol. The smallest absolute Gasteiger partial charge is 0.123 e. The van der Waals surface area contributed by atoms with Crippen LogP contribution in [0.2, 0.25) is 0 Å². The van der Waals surface area contributed by atoms with Gasteiger partial charge in [0.25, 0.3) is 0 Å². The highest BCUT2D eigenvalue weighted by atomic mass is 19.1. The fourth-order valence-corrected chi connectivity index (χ4v) is 2.90. The zero-order valence-corrected chi connectivity index (χ0v) is 11.3. The van der Waals surface area contributed by atoms with Crippen LogP contribution in [0.15, 0.2) is 18.2 Å². The van der Waals surface area contributed by atoms with Crippen molar-refractivity contribution in [2.75, 3.05) is 18.1 Å². The Hall–Kier alpha value is -1.13. The molecule has 1 aliphatic heterocycles. The first-order chi connectivity index (χ1) is 9.13. The van der Waals surface area contributed by atoms with Gasteiger partial charge in [-0.1, -0.05) is 0 Å². The molecule has 1 fully saturated rings. The largest absolute Gasteiger partial charge is 0.396 e. The summed E-state index contributed by atoms with van der Waals surface area (Å²) in [5.41, 5.74) is 1.58. The van der Waals surface area contributed by atoms with Gasteiger partial charge in [0.2, 0.25) is 0 Å². The Kier molecular flexibility index (Phi) is 4.77. The highest BCUT2D eigenvalue weighted by Crippen LogP contribution is 2.33. The molecule has 0 amide bonds. The Bertz CT molecular complexity index is 423. The molecule has 1 heterocycles. The number of halogens is 1. The highest BCUT2D eigenvalue weighted by Gasteiger charge is 2.26. The van der Waals surface area contributed by atoms with Crippen molar-refractivity contribution in [3.63, 3.8) is 0 Å². The predicted octanol–water partition coefficient (Wildman–Crippen LogP) is 2.62. The van der Waals surface area contributed by atoms with Crippen molar-refractivity contribution in [1.29, 1.82) is 0 Å². The van der Waals surface area contributed by atoms with Gasteiger partial charge < -0.3 is 15.1 Å². The summed E-state index contributed by atoms with van der Waals surface area (Å²) < 4.78 is 13.3. The lowest BCUT2D eigenvalue weighted by atomic mass is 10.0. The lowest BCUT2D eigenvalue weighted by Gasteiger charge is -2.29. The van der Waals surface area contributed by atoms with E-state index in [0.717, 1.165) is 37.9 Å². The summed E-state index contributed by atoms with van der Waals surface area (Å²) >= 11 is 0. The van der Waals surface area contributed by atoms with E-state index in [4.69, 9.17) is 5.11 Å². The molecule has 3 nitrogen and oxygen atoms in total. The Labute approximate surface area is 113 Å². The second kappa shape index (κ2) is 6.35. The van der Waals surface area contributed by atoms with E-state index in [1.165, 1.54) is 12.1 Å². The maximum absolute atomic E-state index is 13.3. The predicted molar refractivity (Wildman–Crippen MR) is 73.7 cm³/mol. The van der Waals surface area contributed by atoms with Gasteiger partial charge in [-0.3, -0.25) is 0 Å². The van der Waals surface area contributed by atoms with Crippen LogP contribution in [-0.4, -0.2) is 29.4 Å². The topological polar surface area (TPSA) is 43.7 Å². The minimum atomic E-state index is -0.676. The lowest BCUT2D eigenvalue weighted by molar-refractivity contribution is 0.199. The summed E-state index contributed by atoms with van der Waals surface area (Å²) in [6.07, 6.45) is 3.24. The van der Waals surface area contributed by atoms with Gasteiger partial charge in [-0.05, 0) is 50.8 Å². The van der Waals surface area contributed by atoms with Gasteiger partial charge in [0.1, 0.15) is 5.82 Å². The SMILES string of the molecule is C[C@@H](O)c1cc(F)ccc1N1CCCC1CCCO. The molecule has 4 heteroatoms. The van der Waals surface area contributed by atoms with E-state index >= 15 is 0 Å². The van der Waals surface area contributed by atoms with E-state index in [1.54, 1.807) is 13.0 Å². The van der Waals surface area contributed by atoms with Gasteiger partial charge in [0.15, 0.2) is 0 Å². The van der Waals surface area contributed by atoms with Crippen molar-refractivity contribution < 1.29 is 14.6 Å². The molecule has 2 N–H and O–H groups in total. The Morgan fingerprint density at radius 3 is 2.95 bits per heavy atom.